The third-order valence-corrected chi connectivity index (χ3v) is 6.05. The van der Waals surface area contributed by atoms with Crippen molar-refractivity contribution in [1.82, 2.24) is 10.2 Å². The molecule has 0 amide bonds. The van der Waals surface area contributed by atoms with Gasteiger partial charge in [0.15, 0.2) is 17.5 Å². The Balaban J connectivity index is 0.00000385. The average Bonchev–Trinajstić information content (AvgIpc) is 2.85. The molecule has 2 fully saturated rings. The second-order valence-electron chi connectivity index (χ2n) is 8.20. The summed E-state index contributed by atoms with van der Waals surface area (Å²) in [5.41, 5.74) is 0.950. The summed E-state index contributed by atoms with van der Waals surface area (Å²) in [6, 6.07) is 3.77. The van der Waals surface area contributed by atoms with Crippen LogP contribution < -0.4 is 19.5 Å². The van der Waals surface area contributed by atoms with Crippen molar-refractivity contribution in [2.75, 3.05) is 54.2 Å². The molecule has 1 unspecified atom stereocenters. The first-order chi connectivity index (χ1) is 15.7. The number of benzene rings is 1. The molecule has 1 aromatic rings. The molecule has 0 radical (unpaired) electrons. The number of hydrogen-bond acceptors (Lipinski definition) is 6. The minimum Gasteiger partial charge on any atom is -0.496 e. The predicted molar refractivity (Wildman–Crippen MR) is 140 cm³/mol. The summed E-state index contributed by atoms with van der Waals surface area (Å²) in [7, 11) is 4.91. The summed E-state index contributed by atoms with van der Waals surface area (Å²) in [5, 5.41) is 3.43. The van der Waals surface area contributed by atoms with Crippen LogP contribution in [-0.4, -0.2) is 77.2 Å². The zero-order chi connectivity index (χ0) is 22.8. The lowest BCUT2D eigenvalue weighted by Crippen LogP contribution is -2.47. The quantitative estimate of drug-likeness (QED) is 0.272. The van der Waals surface area contributed by atoms with Gasteiger partial charge in [-0.25, -0.2) is 4.99 Å². The molecular weight excluding hydrogens is 537 g/mol. The van der Waals surface area contributed by atoms with Crippen LogP contribution in [0.1, 0.15) is 44.6 Å². The molecule has 9 heteroatoms. The summed E-state index contributed by atoms with van der Waals surface area (Å²) in [6.07, 6.45) is 6.11. The summed E-state index contributed by atoms with van der Waals surface area (Å²) < 4.78 is 28.3. The molecule has 33 heavy (non-hydrogen) atoms. The first kappa shape index (κ1) is 27.8. The fraction of sp³-hybridized carbons (Fsp3) is 0.708. The summed E-state index contributed by atoms with van der Waals surface area (Å²) in [6.45, 7) is 6.83. The van der Waals surface area contributed by atoms with Crippen molar-refractivity contribution in [2.24, 2.45) is 4.99 Å². The normalized spacial score (nSPS) is 19.6. The SMILES string of the molecule is CCNC(=NCc1cc(OC)c(OC)cc1OC)N1CCC(OCC2CCCCO2)CC1.I. The van der Waals surface area contributed by atoms with E-state index >= 15 is 0 Å². The molecule has 1 aromatic carbocycles. The van der Waals surface area contributed by atoms with Crippen molar-refractivity contribution < 1.29 is 23.7 Å². The third-order valence-electron chi connectivity index (χ3n) is 6.05. The van der Waals surface area contributed by atoms with Gasteiger partial charge in [-0.1, -0.05) is 0 Å². The number of piperidine rings is 1. The van der Waals surface area contributed by atoms with Crippen LogP contribution in [0.15, 0.2) is 17.1 Å². The molecule has 2 aliphatic rings. The highest BCUT2D eigenvalue weighted by atomic mass is 127. The molecule has 0 bridgehead atoms. The number of ether oxygens (including phenoxy) is 5. The van der Waals surface area contributed by atoms with Crippen molar-refractivity contribution in [3.8, 4) is 17.2 Å². The van der Waals surface area contributed by atoms with E-state index in [-0.39, 0.29) is 30.1 Å². The molecule has 2 heterocycles. The first-order valence-corrected chi connectivity index (χ1v) is 11.7. The van der Waals surface area contributed by atoms with E-state index in [2.05, 4.69) is 17.1 Å². The monoisotopic (exact) mass is 577 g/mol. The van der Waals surface area contributed by atoms with Gasteiger partial charge in [0, 0.05) is 37.9 Å². The van der Waals surface area contributed by atoms with Crippen molar-refractivity contribution in [1.29, 1.82) is 0 Å². The minimum absolute atomic E-state index is 0. The van der Waals surface area contributed by atoms with Crippen molar-refractivity contribution in [2.45, 2.75) is 57.8 Å². The van der Waals surface area contributed by atoms with Gasteiger partial charge >= 0.3 is 0 Å². The molecule has 188 valence electrons. The smallest absolute Gasteiger partial charge is 0.194 e. The lowest BCUT2D eigenvalue weighted by atomic mass is 10.1. The summed E-state index contributed by atoms with van der Waals surface area (Å²) in [4.78, 5) is 7.20. The number of halogens is 1. The number of nitrogens with zero attached hydrogens (tertiary/aromatic N) is 2. The Hall–Kier alpha value is -1.46. The van der Waals surface area contributed by atoms with Gasteiger partial charge in [0.25, 0.3) is 0 Å². The van der Waals surface area contributed by atoms with Gasteiger partial charge in [-0.2, -0.15) is 0 Å². The van der Waals surface area contributed by atoms with Crippen LogP contribution in [0.4, 0.5) is 0 Å². The van der Waals surface area contributed by atoms with Gasteiger partial charge in [0.1, 0.15) is 5.75 Å². The van der Waals surface area contributed by atoms with E-state index in [0.29, 0.717) is 24.1 Å². The number of aliphatic imine (C=N–C) groups is 1. The Morgan fingerprint density at radius 3 is 2.33 bits per heavy atom. The van der Waals surface area contributed by atoms with Gasteiger partial charge in [-0.15, -0.1) is 24.0 Å². The van der Waals surface area contributed by atoms with E-state index in [0.717, 1.165) is 69.4 Å². The number of rotatable bonds is 9. The van der Waals surface area contributed by atoms with Crippen molar-refractivity contribution >= 4 is 29.9 Å². The molecule has 8 nitrogen and oxygen atoms in total. The molecule has 0 spiro atoms. The van der Waals surface area contributed by atoms with Crippen LogP contribution in [0.2, 0.25) is 0 Å². The molecule has 2 saturated heterocycles. The van der Waals surface area contributed by atoms with Crippen LogP contribution in [-0.2, 0) is 16.0 Å². The number of hydrogen-bond donors (Lipinski definition) is 1. The molecule has 0 aromatic heterocycles. The molecule has 2 aliphatic heterocycles. The highest BCUT2D eigenvalue weighted by Crippen LogP contribution is 2.35. The van der Waals surface area contributed by atoms with E-state index in [4.69, 9.17) is 28.7 Å². The van der Waals surface area contributed by atoms with E-state index in [1.807, 2.05) is 12.1 Å². The van der Waals surface area contributed by atoms with Gasteiger partial charge in [0.2, 0.25) is 0 Å². The van der Waals surface area contributed by atoms with Gasteiger partial charge in [-0.05, 0) is 45.1 Å². The zero-order valence-electron chi connectivity index (χ0n) is 20.4. The minimum atomic E-state index is 0. The molecule has 0 aliphatic carbocycles. The van der Waals surface area contributed by atoms with E-state index in [9.17, 15) is 0 Å². The topological polar surface area (TPSA) is 73.8 Å². The average molecular weight is 578 g/mol. The lowest BCUT2D eigenvalue weighted by Gasteiger charge is -2.35. The molecular formula is C24H40IN3O5. The van der Waals surface area contributed by atoms with Crippen LogP contribution >= 0.6 is 24.0 Å². The lowest BCUT2D eigenvalue weighted by molar-refractivity contribution is -0.0721. The Bertz CT molecular complexity index is 735. The number of guanidine groups is 1. The summed E-state index contributed by atoms with van der Waals surface area (Å²) in [5.74, 6) is 2.96. The van der Waals surface area contributed by atoms with Crippen LogP contribution in [0.5, 0.6) is 17.2 Å². The standard InChI is InChI=1S/C24H39N3O5.HI/c1-5-25-24(26-16-18-14-22(29-3)23(30-4)15-21(18)28-2)27-11-9-19(10-12-27)32-17-20-8-6-7-13-31-20;/h14-15,19-20H,5-13,16-17H2,1-4H3,(H,25,26);1H. The second kappa shape index (κ2) is 14.7. The predicted octanol–water partition coefficient (Wildman–Crippen LogP) is 3.85. The first-order valence-electron chi connectivity index (χ1n) is 11.7. The third kappa shape index (κ3) is 8.06. The Labute approximate surface area is 215 Å². The Kier molecular flexibility index (Phi) is 12.4. The second-order valence-corrected chi connectivity index (χ2v) is 8.20. The van der Waals surface area contributed by atoms with Crippen LogP contribution in [0.25, 0.3) is 0 Å². The number of nitrogens with one attached hydrogen (secondary N) is 1. The maximum absolute atomic E-state index is 6.16. The number of likely N-dealkylation sites (tertiary alicyclic amines) is 1. The Morgan fingerprint density at radius 2 is 1.73 bits per heavy atom. The zero-order valence-corrected chi connectivity index (χ0v) is 22.8. The number of methoxy groups -OCH3 is 3. The Morgan fingerprint density at radius 1 is 1.03 bits per heavy atom. The van der Waals surface area contributed by atoms with Gasteiger partial charge in [-0.3, -0.25) is 0 Å². The molecule has 3 rings (SSSR count). The molecule has 1 N–H and O–H groups in total. The van der Waals surface area contributed by atoms with E-state index in [1.54, 1.807) is 21.3 Å². The largest absolute Gasteiger partial charge is 0.496 e. The van der Waals surface area contributed by atoms with Gasteiger partial charge < -0.3 is 33.9 Å². The van der Waals surface area contributed by atoms with Crippen LogP contribution in [0.3, 0.4) is 0 Å². The molecule has 1 atom stereocenters. The molecule has 0 saturated carbocycles. The van der Waals surface area contributed by atoms with Crippen LogP contribution in [0, 0.1) is 0 Å². The fourth-order valence-electron chi connectivity index (χ4n) is 4.22. The highest BCUT2D eigenvalue weighted by molar-refractivity contribution is 14.0. The van der Waals surface area contributed by atoms with E-state index < -0.39 is 0 Å². The van der Waals surface area contributed by atoms with Crippen molar-refractivity contribution in [3.63, 3.8) is 0 Å². The highest BCUT2D eigenvalue weighted by Gasteiger charge is 2.24. The summed E-state index contributed by atoms with van der Waals surface area (Å²) >= 11 is 0. The maximum atomic E-state index is 6.16. The van der Waals surface area contributed by atoms with E-state index in [1.165, 1.54) is 12.8 Å². The van der Waals surface area contributed by atoms with Crippen molar-refractivity contribution in [3.05, 3.63) is 17.7 Å². The van der Waals surface area contributed by atoms with Gasteiger partial charge in [0.05, 0.1) is 46.7 Å². The fourth-order valence-corrected chi connectivity index (χ4v) is 4.22. The maximum Gasteiger partial charge on any atom is 0.194 e.